The topological polar surface area (TPSA) is 54.5 Å². The molecule has 0 aromatic heterocycles. The Morgan fingerprint density at radius 1 is 0.868 bits per heavy atom. The van der Waals surface area contributed by atoms with Crippen molar-refractivity contribution in [2.75, 3.05) is 4.90 Å². The van der Waals surface area contributed by atoms with Crippen LogP contribution in [0.5, 0.6) is 0 Å². The summed E-state index contributed by atoms with van der Waals surface area (Å²) in [6, 6.07) is 15.8. The smallest absolute Gasteiger partial charge is 0.180 e. The maximum atomic E-state index is 14.5. The van der Waals surface area contributed by atoms with E-state index in [0.717, 1.165) is 11.3 Å². The Labute approximate surface area is 236 Å². The highest BCUT2D eigenvalue weighted by Gasteiger charge is 2.72. The number of carbonyl (C=O) groups is 3. The van der Waals surface area contributed by atoms with E-state index in [2.05, 4.69) is 0 Å². The molecule has 1 aliphatic carbocycles. The number of Topliss-reactive ketones (excluding diaryl/α,β-unsaturated/α-hetero) is 3. The third kappa shape index (κ3) is 3.33. The lowest BCUT2D eigenvalue weighted by atomic mass is 9.63. The zero-order valence-electron chi connectivity index (χ0n) is 21.0. The summed E-state index contributed by atoms with van der Waals surface area (Å²) < 4.78 is 0. The molecule has 0 unspecified atom stereocenters. The molecule has 192 valence electrons. The van der Waals surface area contributed by atoms with Gasteiger partial charge in [-0.3, -0.25) is 14.4 Å². The largest absolute Gasteiger partial charge is 0.352 e. The van der Waals surface area contributed by atoms with Gasteiger partial charge in [0.1, 0.15) is 5.41 Å². The molecule has 3 aromatic carbocycles. The fraction of sp³-hybridized carbons (Fsp3) is 0.258. The third-order valence-electron chi connectivity index (χ3n) is 8.07. The minimum Gasteiger partial charge on any atom is -0.352 e. The number of ketones is 3. The maximum absolute atomic E-state index is 14.5. The summed E-state index contributed by atoms with van der Waals surface area (Å²) in [5.74, 6) is -1.54. The van der Waals surface area contributed by atoms with Crippen LogP contribution in [-0.4, -0.2) is 29.4 Å². The average Bonchev–Trinajstić information content (AvgIpc) is 3.29. The molecule has 2 aliphatic heterocycles. The number of anilines is 1. The van der Waals surface area contributed by atoms with Crippen molar-refractivity contribution in [3.05, 3.63) is 104 Å². The van der Waals surface area contributed by atoms with E-state index < -0.39 is 28.8 Å². The number of benzene rings is 3. The maximum Gasteiger partial charge on any atom is 0.180 e. The van der Waals surface area contributed by atoms with E-state index >= 15 is 0 Å². The van der Waals surface area contributed by atoms with Crippen molar-refractivity contribution in [2.24, 2.45) is 10.8 Å². The molecule has 0 saturated carbocycles. The summed E-state index contributed by atoms with van der Waals surface area (Å²) in [4.78, 5) is 45.5. The average molecular weight is 565 g/mol. The van der Waals surface area contributed by atoms with Gasteiger partial charge in [-0.1, -0.05) is 98.1 Å². The lowest BCUT2D eigenvalue weighted by Crippen LogP contribution is -2.49. The predicted molar refractivity (Wildman–Crippen MR) is 152 cm³/mol. The van der Waals surface area contributed by atoms with E-state index in [1.54, 1.807) is 48.5 Å². The van der Waals surface area contributed by atoms with Crippen LogP contribution in [0.3, 0.4) is 0 Å². The first-order valence-electron chi connectivity index (χ1n) is 12.4. The SMILES string of the molecule is CC(C)(C)C(=O)[C@@H]1[C@@H](c2ccc(Cl)cc2Cl)C2(C(=O)c3ccccc3C2=O)[C@@H]2C=Cc3cc(Cl)ccc3N12. The molecular weight excluding hydrogens is 541 g/mol. The number of hydrogen-bond acceptors (Lipinski definition) is 4. The Kier molecular flexibility index (Phi) is 5.70. The minimum atomic E-state index is -1.60. The van der Waals surface area contributed by atoms with Gasteiger partial charge in [0.05, 0.1) is 12.1 Å². The molecule has 0 radical (unpaired) electrons. The highest BCUT2D eigenvalue weighted by atomic mass is 35.5. The molecule has 6 rings (SSSR count). The summed E-state index contributed by atoms with van der Waals surface area (Å²) in [5.41, 5.74) is 0.468. The quantitative estimate of drug-likeness (QED) is 0.299. The Morgan fingerprint density at radius 3 is 2.08 bits per heavy atom. The monoisotopic (exact) mass is 563 g/mol. The van der Waals surface area contributed by atoms with E-state index in [0.29, 0.717) is 31.8 Å². The van der Waals surface area contributed by atoms with Crippen LogP contribution in [0.15, 0.2) is 66.7 Å². The van der Waals surface area contributed by atoms with E-state index in [1.807, 2.05) is 50.0 Å². The van der Waals surface area contributed by atoms with Crippen LogP contribution < -0.4 is 4.90 Å². The van der Waals surface area contributed by atoms with Crippen LogP contribution in [0.1, 0.15) is 58.5 Å². The number of rotatable bonds is 2. The Morgan fingerprint density at radius 2 is 1.47 bits per heavy atom. The second-order valence-corrected chi connectivity index (χ2v) is 12.5. The van der Waals surface area contributed by atoms with Gasteiger partial charge < -0.3 is 4.90 Å². The Hall–Kier alpha value is -2.92. The molecule has 38 heavy (non-hydrogen) atoms. The van der Waals surface area contributed by atoms with E-state index in [1.165, 1.54) is 0 Å². The van der Waals surface area contributed by atoms with Gasteiger partial charge in [0, 0.05) is 43.2 Å². The molecule has 0 N–H and O–H groups in total. The Bertz CT molecular complexity index is 1550. The van der Waals surface area contributed by atoms with E-state index in [4.69, 9.17) is 34.8 Å². The van der Waals surface area contributed by atoms with Crippen molar-refractivity contribution in [1.82, 2.24) is 0 Å². The molecule has 3 aromatic rings. The highest BCUT2D eigenvalue weighted by molar-refractivity contribution is 6.36. The van der Waals surface area contributed by atoms with Gasteiger partial charge in [0.2, 0.25) is 0 Å². The summed E-state index contributed by atoms with van der Waals surface area (Å²) in [7, 11) is 0. The first kappa shape index (κ1) is 25.4. The molecule has 2 heterocycles. The van der Waals surface area contributed by atoms with Crippen molar-refractivity contribution in [3.8, 4) is 0 Å². The number of carbonyl (C=O) groups excluding carboxylic acids is 3. The zero-order valence-corrected chi connectivity index (χ0v) is 23.2. The molecule has 4 nitrogen and oxygen atoms in total. The van der Waals surface area contributed by atoms with Gasteiger partial charge in [0.25, 0.3) is 0 Å². The van der Waals surface area contributed by atoms with Crippen LogP contribution in [0, 0.1) is 10.8 Å². The van der Waals surface area contributed by atoms with Crippen LogP contribution in [-0.2, 0) is 4.79 Å². The molecule has 0 bridgehead atoms. The second kappa shape index (κ2) is 8.54. The highest BCUT2D eigenvalue weighted by Crippen LogP contribution is 2.62. The molecule has 1 saturated heterocycles. The second-order valence-electron chi connectivity index (χ2n) is 11.2. The van der Waals surface area contributed by atoms with Crippen LogP contribution >= 0.6 is 34.8 Å². The fourth-order valence-corrected chi connectivity index (χ4v) is 7.20. The van der Waals surface area contributed by atoms with Crippen LogP contribution in [0.4, 0.5) is 5.69 Å². The molecule has 3 aliphatic rings. The molecule has 7 heteroatoms. The molecule has 0 amide bonds. The predicted octanol–water partition coefficient (Wildman–Crippen LogP) is 7.70. The first-order chi connectivity index (χ1) is 18.0. The molecule has 1 spiro atoms. The van der Waals surface area contributed by atoms with E-state index in [-0.39, 0.29) is 17.3 Å². The number of hydrogen-bond donors (Lipinski definition) is 0. The standard InChI is InChI=1S/C31H24Cl3NO3/c1-30(2,3)29(38)26-25(21-11-9-18(33)15-22(21)34)31(27(36)19-6-4-5-7-20(19)28(31)37)24-13-8-16-14-17(32)10-12-23(16)35(24)26/h4-15,24-26H,1-3H3/t24-,25+,26-/m0/s1. The van der Waals surface area contributed by atoms with Gasteiger partial charge in [-0.2, -0.15) is 0 Å². The number of fused-ring (bicyclic) bond motifs is 5. The van der Waals surface area contributed by atoms with Crippen molar-refractivity contribution in [3.63, 3.8) is 0 Å². The van der Waals surface area contributed by atoms with Crippen molar-refractivity contribution in [2.45, 2.75) is 38.8 Å². The number of nitrogens with zero attached hydrogens (tertiary/aromatic N) is 1. The van der Waals surface area contributed by atoms with Gasteiger partial charge >= 0.3 is 0 Å². The van der Waals surface area contributed by atoms with Crippen LogP contribution in [0.25, 0.3) is 6.08 Å². The molecular formula is C31H24Cl3NO3. The van der Waals surface area contributed by atoms with Gasteiger partial charge in [-0.25, -0.2) is 0 Å². The first-order valence-corrected chi connectivity index (χ1v) is 13.6. The molecule has 1 fully saturated rings. The van der Waals surface area contributed by atoms with Gasteiger partial charge in [-0.05, 0) is 41.5 Å². The normalized spacial score (nSPS) is 23.0. The van der Waals surface area contributed by atoms with Gasteiger partial charge in [-0.15, -0.1) is 0 Å². The Balaban J connectivity index is 1.72. The summed E-state index contributed by atoms with van der Waals surface area (Å²) in [6.07, 6.45) is 3.76. The lowest BCUT2D eigenvalue weighted by Gasteiger charge is -2.38. The zero-order chi connectivity index (χ0) is 27.1. The summed E-state index contributed by atoms with van der Waals surface area (Å²) in [6.45, 7) is 5.56. The number of halogens is 3. The summed E-state index contributed by atoms with van der Waals surface area (Å²) >= 11 is 19.4. The van der Waals surface area contributed by atoms with Gasteiger partial charge in [0.15, 0.2) is 17.3 Å². The van der Waals surface area contributed by atoms with Crippen LogP contribution in [0.2, 0.25) is 15.1 Å². The van der Waals surface area contributed by atoms with Crippen molar-refractivity contribution >= 4 is 63.9 Å². The lowest BCUT2D eigenvalue weighted by molar-refractivity contribution is -0.127. The van der Waals surface area contributed by atoms with Crippen molar-refractivity contribution < 1.29 is 14.4 Å². The van der Waals surface area contributed by atoms with Crippen molar-refractivity contribution in [1.29, 1.82) is 0 Å². The third-order valence-corrected chi connectivity index (χ3v) is 8.87. The summed E-state index contributed by atoms with van der Waals surface area (Å²) in [5, 5.41) is 1.29. The molecule has 3 atom stereocenters. The fourth-order valence-electron chi connectivity index (χ4n) is 6.49. The van der Waals surface area contributed by atoms with E-state index in [9.17, 15) is 14.4 Å². The minimum absolute atomic E-state index is 0.0943.